The van der Waals surface area contributed by atoms with E-state index in [1.165, 1.54) is 23.5 Å². The van der Waals surface area contributed by atoms with Gasteiger partial charge >= 0.3 is 0 Å². The van der Waals surface area contributed by atoms with Crippen LogP contribution in [-0.2, 0) is 4.79 Å². The number of amides is 1. The minimum absolute atomic E-state index is 0.0185. The van der Waals surface area contributed by atoms with Gasteiger partial charge in [0.15, 0.2) is 5.69 Å². The number of hydrogen-bond acceptors (Lipinski definition) is 6. The van der Waals surface area contributed by atoms with E-state index >= 15 is 0 Å². The van der Waals surface area contributed by atoms with Crippen LogP contribution in [0.4, 0.5) is 4.39 Å². The second kappa shape index (κ2) is 8.30. The molecule has 7 nitrogen and oxygen atoms in total. The summed E-state index contributed by atoms with van der Waals surface area (Å²) in [6, 6.07) is 6.69. The topological polar surface area (TPSA) is 91.5 Å². The van der Waals surface area contributed by atoms with Crippen LogP contribution in [-0.4, -0.2) is 33.7 Å². The van der Waals surface area contributed by atoms with E-state index in [4.69, 9.17) is 10.00 Å². The Morgan fingerprint density at radius 1 is 1.25 bits per heavy atom. The Balaban J connectivity index is 1.26. The zero-order chi connectivity index (χ0) is 22.2. The number of ether oxygens (including phenoxy) is 1. The van der Waals surface area contributed by atoms with E-state index in [9.17, 15) is 9.18 Å². The molecule has 32 heavy (non-hydrogen) atoms. The normalized spacial score (nSPS) is 28.2. The van der Waals surface area contributed by atoms with Crippen molar-refractivity contribution in [3.05, 3.63) is 53.2 Å². The molecule has 3 saturated carbocycles. The number of aryl methyl sites for hydroxylation is 1. The maximum atomic E-state index is 14.6. The number of benzene rings is 1. The third-order valence-electron chi connectivity index (χ3n) is 7.08. The van der Waals surface area contributed by atoms with Crippen LogP contribution < -0.4 is 4.74 Å². The van der Waals surface area contributed by atoms with Gasteiger partial charge in [0.25, 0.3) is 0 Å². The summed E-state index contributed by atoms with van der Waals surface area (Å²) < 4.78 is 20.4. The fourth-order valence-corrected chi connectivity index (χ4v) is 5.24. The molecule has 0 radical (unpaired) electrons. The lowest BCUT2D eigenvalue weighted by Gasteiger charge is -2.51. The van der Waals surface area contributed by atoms with E-state index in [1.54, 1.807) is 12.3 Å². The van der Waals surface area contributed by atoms with Crippen molar-refractivity contribution in [2.24, 2.45) is 28.8 Å². The number of hydrazone groups is 1. The van der Waals surface area contributed by atoms with Gasteiger partial charge in [-0.1, -0.05) is 12.1 Å². The molecule has 0 N–H and O–H groups in total. The third kappa shape index (κ3) is 3.72. The van der Waals surface area contributed by atoms with Crippen molar-refractivity contribution in [1.29, 1.82) is 5.26 Å². The number of nitriles is 1. The molecule has 1 aliphatic heterocycles. The van der Waals surface area contributed by atoms with Crippen molar-refractivity contribution in [3.8, 4) is 11.9 Å². The monoisotopic (exact) mass is 433 g/mol. The first kappa shape index (κ1) is 20.6. The fraction of sp³-hybridized carbons (Fsp3) is 0.458. The van der Waals surface area contributed by atoms with Crippen LogP contribution in [0, 0.1) is 47.7 Å². The van der Waals surface area contributed by atoms with Gasteiger partial charge in [-0.25, -0.2) is 19.4 Å². The summed E-state index contributed by atoms with van der Waals surface area (Å²) in [4.78, 5) is 21.6. The first-order valence-corrected chi connectivity index (χ1v) is 11.0. The molecular formula is C24H24FN5O2. The fourth-order valence-electron chi connectivity index (χ4n) is 5.24. The van der Waals surface area contributed by atoms with Gasteiger partial charge in [0.1, 0.15) is 11.9 Å². The molecule has 2 heterocycles. The van der Waals surface area contributed by atoms with Crippen molar-refractivity contribution in [2.45, 2.75) is 38.6 Å². The Morgan fingerprint density at radius 3 is 2.81 bits per heavy atom. The Labute approximate surface area is 185 Å². The van der Waals surface area contributed by atoms with Crippen LogP contribution in [0.15, 0.2) is 35.7 Å². The predicted molar refractivity (Wildman–Crippen MR) is 114 cm³/mol. The van der Waals surface area contributed by atoms with E-state index in [0.29, 0.717) is 36.3 Å². The highest BCUT2D eigenvalue weighted by Gasteiger charge is 2.50. The van der Waals surface area contributed by atoms with E-state index in [0.717, 1.165) is 24.8 Å². The van der Waals surface area contributed by atoms with Crippen LogP contribution in [0.3, 0.4) is 0 Å². The SMILES string of the molecule is Cc1ccc(C2CC=NN2C(=O)[C@H]2C[C@@H](COc3cnc(C#N)cn3)C3CC2C3)c(F)c1. The molecule has 1 unspecified atom stereocenters. The average molecular weight is 433 g/mol. The summed E-state index contributed by atoms with van der Waals surface area (Å²) in [5.41, 5.74) is 1.61. The van der Waals surface area contributed by atoms with Gasteiger partial charge < -0.3 is 4.74 Å². The Kier molecular flexibility index (Phi) is 5.33. The number of fused-ring (bicyclic) bond motifs is 2. The highest BCUT2D eigenvalue weighted by atomic mass is 19.1. The van der Waals surface area contributed by atoms with Gasteiger partial charge in [-0.3, -0.25) is 4.79 Å². The molecule has 6 rings (SSSR count). The summed E-state index contributed by atoms with van der Waals surface area (Å²) in [5.74, 6) is 1.09. The Bertz CT molecular complexity index is 1090. The van der Waals surface area contributed by atoms with Crippen LogP contribution in [0.1, 0.15) is 48.5 Å². The highest BCUT2D eigenvalue weighted by Crippen LogP contribution is 2.53. The Morgan fingerprint density at radius 2 is 2.09 bits per heavy atom. The summed E-state index contributed by atoms with van der Waals surface area (Å²) in [6.45, 7) is 2.31. The first-order chi connectivity index (χ1) is 15.5. The van der Waals surface area contributed by atoms with E-state index < -0.39 is 0 Å². The molecule has 1 aromatic carbocycles. The number of aromatic nitrogens is 2. The molecule has 1 aromatic heterocycles. The van der Waals surface area contributed by atoms with Gasteiger partial charge in [0.05, 0.1) is 25.0 Å². The van der Waals surface area contributed by atoms with Crippen molar-refractivity contribution < 1.29 is 13.9 Å². The van der Waals surface area contributed by atoms with Gasteiger partial charge in [-0.15, -0.1) is 0 Å². The van der Waals surface area contributed by atoms with Crippen molar-refractivity contribution in [1.82, 2.24) is 15.0 Å². The number of carbonyl (C=O) groups is 1. The second-order valence-electron chi connectivity index (χ2n) is 9.01. The zero-order valence-corrected chi connectivity index (χ0v) is 17.8. The third-order valence-corrected chi connectivity index (χ3v) is 7.08. The average Bonchev–Trinajstić information content (AvgIpc) is 3.26. The minimum atomic E-state index is -0.385. The quantitative estimate of drug-likeness (QED) is 0.715. The molecule has 3 atom stereocenters. The lowest BCUT2D eigenvalue weighted by molar-refractivity contribution is -0.148. The second-order valence-corrected chi connectivity index (χ2v) is 9.01. The predicted octanol–water partition coefficient (Wildman–Crippen LogP) is 3.80. The van der Waals surface area contributed by atoms with E-state index in [2.05, 4.69) is 15.1 Å². The maximum absolute atomic E-state index is 14.6. The van der Waals surface area contributed by atoms with Gasteiger partial charge in [-0.2, -0.15) is 10.4 Å². The zero-order valence-electron chi connectivity index (χ0n) is 17.8. The molecule has 0 spiro atoms. The molecular weight excluding hydrogens is 409 g/mol. The Hall–Kier alpha value is -3.34. The molecule has 1 amide bonds. The minimum Gasteiger partial charge on any atom is -0.476 e. The van der Waals surface area contributed by atoms with E-state index in [1.807, 2.05) is 19.1 Å². The summed E-state index contributed by atoms with van der Waals surface area (Å²) in [6.07, 6.45) is 7.81. The van der Waals surface area contributed by atoms with Crippen LogP contribution in [0.5, 0.6) is 5.88 Å². The molecule has 2 aromatic rings. The smallest absolute Gasteiger partial charge is 0.246 e. The first-order valence-electron chi connectivity index (χ1n) is 11.0. The molecule has 4 aliphatic rings. The van der Waals surface area contributed by atoms with Crippen molar-refractivity contribution in [2.75, 3.05) is 6.61 Å². The molecule has 0 saturated heterocycles. The molecule has 3 aliphatic carbocycles. The van der Waals surface area contributed by atoms with Crippen LogP contribution >= 0.6 is 0 Å². The van der Waals surface area contributed by atoms with Gasteiger partial charge in [0, 0.05) is 24.1 Å². The molecule has 8 heteroatoms. The highest BCUT2D eigenvalue weighted by molar-refractivity contribution is 5.82. The lowest BCUT2D eigenvalue weighted by atomic mass is 9.55. The number of hydrogen-bond donors (Lipinski definition) is 0. The van der Waals surface area contributed by atoms with Gasteiger partial charge in [0.2, 0.25) is 11.8 Å². The number of halogens is 1. The lowest BCUT2D eigenvalue weighted by Crippen LogP contribution is -2.50. The molecule has 164 valence electrons. The van der Waals surface area contributed by atoms with E-state index in [-0.39, 0.29) is 35.3 Å². The standard InChI is InChI=1S/C24H24FN5O2/c1-14-2-3-19(21(25)6-14)22-4-5-29-30(22)24(31)20-9-17(15-7-16(20)8-15)13-32-23-12-27-18(10-26)11-28-23/h2-3,5-6,11-12,15-17,20,22H,4,7-9,13H2,1H3/t15?,16?,17-,20-,22?/m0/s1. The summed E-state index contributed by atoms with van der Waals surface area (Å²) in [5, 5.41) is 14.7. The van der Waals surface area contributed by atoms with Crippen LogP contribution in [0.2, 0.25) is 0 Å². The maximum Gasteiger partial charge on any atom is 0.246 e. The number of nitrogens with zero attached hydrogens (tertiary/aromatic N) is 5. The molecule has 3 fully saturated rings. The van der Waals surface area contributed by atoms with Crippen molar-refractivity contribution in [3.63, 3.8) is 0 Å². The summed E-state index contributed by atoms with van der Waals surface area (Å²) >= 11 is 0. The number of carbonyl (C=O) groups excluding carboxylic acids is 1. The van der Waals surface area contributed by atoms with Gasteiger partial charge in [-0.05, 0) is 55.6 Å². The summed E-state index contributed by atoms with van der Waals surface area (Å²) in [7, 11) is 0. The molecule has 2 bridgehead atoms. The largest absolute Gasteiger partial charge is 0.476 e. The van der Waals surface area contributed by atoms with Crippen LogP contribution in [0.25, 0.3) is 0 Å². The van der Waals surface area contributed by atoms with Crippen molar-refractivity contribution >= 4 is 12.1 Å². The number of rotatable bonds is 5.